The van der Waals surface area contributed by atoms with Crippen LogP contribution in [0.2, 0.25) is 0 Å². The van der Waals surface area contributed by atoms with Crippen molar-refractivity contribution in [3.63, 3.8) is 0 Å². The lowest BCUT2D eigenvalue weighted by molar-refractivity contribution is -0.00895. The standard InChI is InChI=1S/C23H24N6O2/c1-28-10-14-8-17(22(30)9-21(14)27-28)18-2-3-20-19(25-18)4-5-23(26-20)29-7-6-15(11-29)24-16-12-31-13-16/h2-5,8-10,15-16,24,30H,6-7,11-13H2,1H3/t15-/m0/s1. The molecule has 1 aromatic carbocycles. The molecule has 0 amide bonds. The van der Waals surface area contributed by atoms with Gasteiger partial charge in [-0.15, -0.1) is 0 Å². The number of nitrogens with one attached hydrogen (secondary N) is 1. The number of fused-ring (bicyclic) bond motifs is 2. The highest BCUT2D eigenvalue weighted by Gasteiger charge is 2.28. The summed E-state index contributed by atoms with van der Waals surface area (Å²) in [7, 11) is 1.87. The predicted octanol–water partition coefficient (Wildman–Crippen LogP) is 2.46. The van der Waals surface area contributed by atoms with E-state index >= 15 is 0 Å². The van der Waals surface area contributed by atoms with E-state index in [0.717, 1.165) is 66.2 Å². The van der Waals surface area contributed by atoms with Crippen molar-refractivity contribution in [1.82, 2.24) is 25.1 Å². The van der Waals surface area contributed by atoms with Gasteiger partial charge in [-0.2, -0.15) is 5.10 Å². The molecule has 0 spiro atoms. The van der Waals surface area contributed by atoms with Crippen molar-refractivity contribution >= 4 is 27.8 Å². The summed E-state index contributed by atoms with van der Waals surface area (Å²) in [5.41, 5.74) is 3.84. The Labute approximate surface area is 179 Å². The van der Waals surface area contributed by atoms with Crippen LogP contribution in [0, 0.1) is 0 Å². The maximum Gasteiger partial charge on any atom is 0.129 e. The zero-order chi connectivity index (χ0) is 20.9. The number of hydrogen-bond donors (Lipinski definition) is 2. The molecule has 31 heavy (non-hydrogen) atoms. The Hall–Kier alpha value is -3.23. The third-order valence-corrected chi connectivity index (χ3v) is 6.16. The van der Waals surface area contributed by atoms with E-state index in [2.05, 4.69) is 15.3 Å². The predicted molar refractivity (Wildman–Crippen MR) is 119 cm³/mol. The molecule has 0 bridgehead atoms. The first kappa shape index (κ1) is 18.5. The van der Waals surface area contributed by atoms with Gasteiger partial charge in [-0.1, -0.05) is 0 Å². The summed E-state index contributed by atoms with van der Waals surface area (Å²) in [6.07, 6.45) is 3.05. The number of pyridine rings is 2. The number of phenolic OH excluding ortho intramolecular Hbond substituents is 1. The molecule has 0 saturated carbocycles. The molecule has 0 aliphatic carbocycles. The quantitative estimate of drug-likeness (QED) is 0.528. The molecular formula is C23H24N6O2. The minimum Gasteiger partial charge on any atom is -0.507 e. The summed E-state index contributed by atoms with van der Waals surface area (Å²) in [6.45, 7) is 3.60. The van der Waals surface area contributed by atoms with Gasteiger partial charge >= 0.3 is 0 Å². The fraction of sp³-hybridized carbons (Fsp3) is 0.348. The summed E-state index contributed by atoms with van der Waals surface area (Å²) in [4.78, 5) is 11.9. The van der Waals surface area contributed by atoms with Crippen LogP contribution >= 0.6 is 0 Å². The average molecular weight is 416 g/mol. The van der Waals surface area contributed by atoms with Crippen LogP contribution < -0.4 is 10.2 Å². The number of anilines is 1. The first-order chi connectivity index (χ1) is 15.1. The molecule has 0 unspecified atom stereocenters. The number of nitrogens with zero attached hydrogens (tertiary/aromatic N) is 5. The van der Waals surface area contributed by atoms with Crippen LogP contribution in [0.3, 0.4) is 0 Å². The second-order valence-electron chi connectivity index (χ2n) is 8.47. The Bertz CT molecular complexity index is 1280. The van der Waals surface area contributed by atoms with E-state index in [0.29, 0.717) is 17.6 Å². The molecule has 8 heteroatoms. The molecule has 2 saturated heterocycles. The lowest BCUT2D eigenvalue weighted by Gasteiger charge is -2.30. The Morgan fingerprint density at radius 2 is 1.87 bits per heavy atom. The SMILES string of the molecule is Cn1cc2cc(-c3ccc4nc(N5CC[C@H](NC6COC6)C5)ccc4n3)c(O)cc2n1. The van der Waals surface area contributed by atoms with Crippen molar-refractivity contribution in [2.75, 3.05) is 31.2 Å². The van der Waals surface area contributed by atoms with Crippen molar-refractivity contribution in [1.29, 1.82) is 0 Å². The van der Waals surface area contributed by atoms with Crippen LogP contribution in [0.15, 0.2) is 42.6 Å². The van der Waals surface area contributed by atoms with Crippen LogP contribution in [0.4, 0.5) is 5.82 Å². The van der Waals surface area contributed by atoms with E-state index in [-0.39, 0.29) is 5.75 Å². The highest BCUT2D eigenvalue weighted by atomic mass is 16.5. The lowest BCUT2D eigenvalue weighted by Crippen LogP contribution is -2.51. The van der Waals surface area contributed by atoms with Crippen molar-refractivity contribution in [3.8, 4) is 17.0 Å². The monoisotopic (exact) mass is 416 g/mol. The molecule has 2 aliphatic heterocycles. The first-order valence-corrected chi connectivity index (χ1v) is 10.7. The number of hydrogen-bond acceptors (Lipinski definition) is 7. The smallest absolute Gasteiger partial charge is 0.129 e. The molecule has 2 aliphatic rings. The normalized spacial score (nSPS) is 19.4. The molecule has 1 atom stereocenters. The maximum atomic E-state index is 10.5. The van der Waals surface area contributed by atoms with E-state index in [4.69, 9.17) is 14.7 Å². The molecule has 5 heterocycles. The summed E-state index contributed by atoms with van der Waals surface area (Å²) in [5.74, 6) is 1.16. The van der Waals surface area contributed by atoms with E-state index in [1.807, 2.05) is 43.6 Å². The number of aromatic hydroxyl groups is 1. The molecule has 3 aromatic heterocycles. The van der Waals surface area contributed by atoms with E-state index in [1.54, 1.807) is 10.7 Å². The largest absolute Gasteiger partial charge is 0.507 e. The lowest BCUT2D eigenvalue weighted by atomic mass is 10.1. The van der Waals surface area contributed by atoms with Gasteiger partial charge in [0.2, 0.25) is 0 Å². The van der Waals surface area contributed by atoms with Gasteiger partial charge in [-0.05, 0) is 36.8 Å². The highest BCUT2D eigenvalue weighted by molar-refractivity contribution is 5.88. The van der Waals surface area contributed by atoms with Crippen molar-refractivity contribution in [3.05, 3.63) is 42.6 Å². The minimum absolute atomic E-state index is 0.176. The zero-order valence-electron chi connectivity index (χ0n) is 17.3. The van der Waals surface area contributed by atoms with Crippen LogP contribution in [0.25, 0.3) is 33.2 Å². The topological polar surface area (TPSA) is 88.3 Å². The summed E-state index contributed by atoms with van der Waals surface area (Å²) < 4.78 is 7.00. The maximum absolute atomic E-state index is 10.5. The molecule has 2 N–H and O–H groups in total. The zero-order valence-corrected chi connectivity index (χ0v) is 17.3. The Kier molecular flexibility index (Phi) is 4.29. The summed E-state index contributed by atoms with van der Waals surface area (Å²) in [6, 6.07) is 12.5. The number of benzene rings is 1. The van der Waals surface area contributed by atoms with E-state index in [1.165, 1.54) is 0 Å². The van der Waals surface area contributed by atoms with Gasteiger partial charge in [-0.3, -0.25) is 4.68 Å². The van der Waals surface area contributed by atoms with Crippen molar-refractivity contribution in [2.45, 2.75) is 18.5 Å². The molecule has 8 nitrogen and oxygen atoms in total. The fourth-order valence-corrected chi connectivity index (χ4v) is 4.48. The second-order valence-corrected chi connectivity index (χ2v) is 8.47. The summed E-state index contributed by atoms with van der Waals surface area (Å²) >= 11 is 0. The highest BCUT2D eigenvalue weighted by Crippen LogP contribution is 2.33. The Balaban J connectivity index is 1.27. The third-order valence-electron chi connectivity index (χ3n) is 6.16. The van der Waals surface area contributed by atoms with Gasteiger partial charge < -0.3 is 20.1 Å². The van der Waals surface area contributed by atoms with Crippen molar-refractivity contribution in [2.24, 2.45) is 7.05 Å². The Morgan fingerprint density at radius 3 is 2.71 bits per heavy atom. The average Bonchev–Trinajstić information content (AvgIpc) is 3.35. The third kappa shape index (κ3) is 3.37. The number of ether oxygens (including phenoxy) is 1. The van der Waals surface area contributed by atoms with Gasteiger partial charge in [0.25, 0.3) is 0 Å². The van der Waals surface area contributed by atoms with Crippen LogP contribution in [0.5, 0.6) is 5.75 Å². The van der Waals surface area contributed by atoms with E-state index in [9.17, 15) is 5.11 Å². The van der Waals surface area contributed by atoms with E-state index < -0.39 is 0 Å². The van der Waals surface area contributed by atoms with Gasteiger partial charge in [0.1, 0.15) is 11.6 Å². The molecule has 2 fully saturated rings. The first-order valence-electron chi connectivity index (χ1n) is 10.7. The van der Waals surface area contributed by atoms with Crippen LogP contribution in [0.1, 0.15) is 6.42 Å². The van der Waals surface area contributed by atoms with Gasteiger partial charge in [0.15, 0.2) is 0 Å². The minimum atomic E-state index is 0.176. The summed E-state index contributed by atoms with van der Waals surface area (Å²) in [5, 5.41) is 19.5. The molecule has 4 aromatic rings. The molecule has 0 radical (unpaired) electrons. The van der Waals surface area contributed by atoms with Crippen LogP contribution in [-0.4, -0.2) is 63.2 Å². The number of aromatic nitrogens is 4. The number of phenols is 1. The van der Waals surface area contributed by atoms with Gasteiger partial charge in [-0.25, -0.2) is 9.97 Å². The number of rotatable bonds is 4. The van der Waals surface area contributed by atoms with Gasteiger partial charge in [0.05, 0.1) is 41.5 Å². The number of aryl methyl sites for hydroxylation is 1. The van der Waals surface area contributed by atoms with Crippen molar-refractivity contribution < 1.29 is 9.84 Å². The molecule has 6 rings (SSSR count). The molecular weight excluding hydrogens is 392 g/mol. The second kappa shape index (κ2) is 7.18. The van der Waals surface area contributed by atoms with Gasteiger partial charge in [0, 0.05) is 49.4 Å². The van der Waals surface area contributed by atoms with Crippen LogP contribution in [-0.2, 0) is 11.8 Å². The Morgan fingerprint density at radius 1 is 1.03 bits per heavy atom. The fourth-order valence-electron chi connectivity index (χ4n) is 4.48. The molecule has 158 valence electrons.